The molecule has 2 atom stereocenters. The van der Waals surface area contributed by atoms with Gasteiger partial charge in [0.25, 0.3) is 0 Å². The highest BCUT2D eigenvalue weighted by molar-refractivity contribution is 4.76. The Balaban J connectivity index is 2.10. The predicted molar refractivity (Wildman–Crippen MR) is 65.4 cm³/mol. The maximum absolute atomic E-state index is 8.67. The fourth-order valence-electron chi connectivity index (χ4n) is 2.25. The van der Waals surface area contributed by atoms with Crippen LogP contribution in [0.2, 0.25) is 0 Å². The molecule has 0 spiro atoms. The highest BCUT2D eigenvalue weighted by Crippen LogP contribution is 2.11. The van der Waals surface area contributed by atoms with Crippen molar-refractivity contribution in [3.05, 3.63) is 0 Å². The molecule has 16 heavy (non-hydrogen) atoms. The van der Waals surface area contributed by atoms with E-state index in [4.69, 9.17) is 15.6 Å². The van der Waals surface area contributed by atoms with Crippen molar-refractivity contribution in [2.24, 2.45) is 5.73 Å². The van der Waals surface area contributed by atoms with E-state index in [0.717, 1.165) is 32.5 Å². The lowest BCUT2D eigenvalue weighted by Gasteiger charge is -2.36. The summed E-state index contributed by atoms with van der Waals surface area (Å²) in [5.41, 5.74) is 5.64. The van der Waals surface area contributed by atoms with Crippen LogP contribution in [0.5, 0.6) is 0 Å². The molecule has 0 amide bonds. The van der Waals surface area contributed by atoms with Crippen molar-refractivity contribution < 1.29 is 9.84 Å². The summed E-state index contributed by atoms with van der Waals surface area (Å²) in [5, 5.41) is 8.67. The molecule has 1 aliphatic heterocycles. The van der Waals surface area contributed by atoms with Crippen molar-refractivity contribution in [3.8, 4) is 0 Å². The van der Waals surface area contributed by atoms with Crippen molar-refractivity contribution in [2.75, 3.05) is 32.8 Å². The lowest BCUT2D eigenvalue weighted by molar-refractivity contribution is -0.0722. The largest absolute Gasteiger partial charge is 0.396 e. The summed E-state index contributed by atoms with van der Waals surface area (Å²) in [7, 11) is 0. The molecule has 0 radical (unpaired) electrons. The molecular weight excluding hydrogens is 204 g/mol. The molecule has 1 aliphatic rings. The number of ether oxygens (including phenoxy) is 1. The number of morpholine rings is 1. The number of hydrogen-bond acceptors (Lipinski definition) is 4. The van der Waals surface area contributed by atoms with E-state index < -0.39 is 0 Å². The number of rotatable bonds is 7. The molecule has 0 aromatic carbocycles. The fourth-order valence-corrected chi connectivity index (χ4v) is 2.25. The van der Waals surface area contributed by atoms with Gasteiger partial charge in [0, 0.05) is 26.2 Å². The molecule has 0 bridgehead atoms. The number of nitrogens with two attached hydrogens (primary N) is 1. The van der Waals surface area contributed by atoms with E-state index in [0.29, 0.717) is 19.3 Å². The molecule has 96 valence electrons. The molecule has 2 unspecified atom stereocenters. The molecular formula is C12H26N2O2. The SMILES string of the molecule is CC1CN(CCCCCCO)CC(CN)O1. The molecule has 1 saturated heterocycles. The Hall–Kier alpha value is -0.160. The molecule has 1 fully saturated rings. The Bertz CT molecular complexity index is 178. The van der Waals surface area contributed by atoms with Gasteiger partial charge in [0.2, 0.25) is 0 Å². The average Bonchev–Trinajstić information content (AvgIpc) is 2.28. The summed E-state index contributed by atoms with van der Waals surface area (Å²) in [4.78, 5) is 2.45. The Labute approximate surface area is 98.8 Å². The van der Waals surface area contributed by atoms with Gasteiger partial charge < -0.3 is 15.6 Å². The Kier molecular flexibility index (Phi) is 6.96. The molecule has 4 nitrogen and oxygen atoms in total. The van der Waals surface area contributed by atoms with Gasteiger partial charge in [-0.05, 0) is 26.3 Å². The normalized spacial score (nSPS) is 27.2. The number of unbranched alkanes of at least 4 members (excludes halogenated alkanes) is 3. The average molecular weight is 230 g/mol. The van der Waals surface area contributed by atoms with Crippen LogP contribution in [0.1, 0.15) is 32.6 Å². The third kappa shape index (κ3) is 5.25. The van der Waals surface area contributed by atoms with Crippen LogP contribution < -0.4 is 5.73 Å². The summed E-state index contributed by atoms with van der Waals surface area (Å²) in [5.74, 6) is 0. The Morgan fingerprint density at radius 2 is 2.00 bits per heavy atom. The molecule has 0 aliphatic carbocycles. The minimum atomic E-state index is 0.209. The molecule has 0 saturated carbocycles. The number of aliphatic hydroxyl groups excluding tert-OH is 1. The topological polar surface area (TPSA) is 58.7 Å². The van der Waals surface area contributed by atoms with Crippen LogP contribution in [0.25, 0.3) is 0 Å². The van der Waals surface area contributed by atoms with Crippen molar-refractivity contribution in [1.29, 1.82) is 0 Å². The second-order valence-corrected chi connectivity index (χ2v) is 4.70. The zero-order valence-corrected chi connectivity index (χ0v) is 10.4. The first-order valence-corrected chi connectivity index (χ1v) is 6.45. The summed E-state index contributed by atoms with van der Waals surface area (Å²) < 4.78 is 5.71. The van der Waals surface area contributed by atoms with E-state index in [9.17, 15) is 0 Å². The monoisotopic (exact) mass is 230 g/mol. The molecule has 1 heterocycles. The Morgan fingerprint density at radius 1 is 1.25 bits per heavy atom. The second kappa shape index (κ2) is 8.01. The van der Waals surface area contributed by atoms with Gasteiger partial charge in [0.1, 0.15) is 0 Å². The van der Waals surface area contributed by atoms with Gasteiger partial charge in [0.15, 0.2) is 0 Å². The Morgan fingerprint density at radius 3 is 2.69 bits per heavy atom. The maximum Gasteiger partial charge on any atom is 0.0828 e. The van der Waals surface area contributed by atoms with Crippen LogP contribution in [-0.4, -0.2) is 55.0 Å². The van der Waals surface area contributed by atoms with Crippen LogP contribution in [0.4, 0.5) is 0 Å². The first-order chi connectivity index (χ1) is 7.76. The van der Waals surface area contributed by atoms with Gasteiger partial charge in [-0.1, -0.05) is 12.8 Å². The maximum atomic E-state index is 8.67. The van der Waals surface area contributed by atoms with Crippen LogP contribution >= 0.6 is 0 Å². The summed E-state index contributed by atoms with van der Waals surface area (Å²) >= 11 is 0. The van der Waals surface area contributed by atoms with Gasteiger partial charge in [-0.2, -0.15) is 0 Å². The quantitative estimate of drug-likeness (QED) is 0.628. The van der Waals surface area contributed by atoms with Gasteiger partial charge in [-0.25, -0.2) is 0 Å². The lowest BCUT2D eigenvalue weighted by atomic mass is 10.1. The van der Waals surface area contributed by atoms with Gasteiger partial charge >= 0.3 is 0 Å². The summed E-state index contributed by atoms with van der Waals surface area (Å²) in [6.07, 6.45) is 5.01. The molecule has 1 rings (SSSR count). The third-order valence-corrected chi connectivity index (χ3v) is 3.05. The smallest absolute Gasteiger partial charge is 0.0828 e. The van der Waals surface area contributed by atoms with Crippen molar-refractivity contribution in [2.45, 2.75) is 44.8 Å². The molecule has 3 N–H and O–H groups in total. The fraction of sp³-hybridized carbons (Fsp3) is 1.00. The second-order valence-electron chi connectivity index (χ2n) is 4.70. The highest BCUT2D eigenvalue weighted by atomic mass is 16.5. The first-order valence-electron chi connectivity index (χ1n) is 6.45. The van der Waals surface area contributed by atoms with E-state index >= 15 is 0 Å². The number of nitrogens with zero attached hydrogens (tertiary/aromatic N) is 1. The standard InChI is InChI=1S/C12H26N2O2/c1-11-9-14(10-12(8-13)16-11)6-4-2-3-5-7-15/h11-12,15H,2-10,13H2,1H3. The van der Waals surface area contributed by atoms with E-state index in [1.807, 2.05) is 0 Å². The minimum Gasteiger partial charge on any atom is -0.396 e. The first kappa shape index (κ1) is 13.9. The van der Waals surface area contributed by atoms with Crippen LogP contribution in [-0.2, 0) is 4.74 Å². The van der Waals surface area contributed by atoms with Crippen LogP contribution in [0.3, 0.4) is 0 Å². The lowest BCUT2D eigenvalue weighted by Crippen LogP contribution is -2.49. The summed E-state index contributed by atoms with van der Waals surface area (Å²) in [6.45, 7) is 6.18. The van der Waals surface area contributed by atoms with Gasteiger partial charge in [-0.3, -0.25) is 4.90 Å². The molecule has 0 aromatic rings. The van der Waals surface area contributed by atoms with E-state index in [-0.39, 0.29) is 6.10 Å². The van der Waals surface area contributed by atoms with Crippen molar-refractivity contribution in [1.82, 2.24) is 4.90 Å². The van der Waals surface area contributed by atoms with Crippen LogP contribution in [0.15, 0.2) is 0 Å². The number of hydrogen-bond donors (Lipinski definition) is 2. The zero-order chi connectivity index (χ0) is 11.8. The molecule has 0 aromatic heterocycles. The van der Waals surface area contributed by atoms with E-state index in [1.165, 1.54) is 12.8 Å². The van der Waals surface area contributed by atoms with E-state index in [1.54, 1.807) is 0 Å². The van der Waals surface area contributed by atoms with Gasteiger partial charge in [-0.15, -0.1) is 0 Å². The van der Waals surface area contributed by atoms with E-state index in [2.05, 4.69) is 11.8 Å². The predicted octanol–water partition coefficient (Wildman–Crippen LogP) is 0.587. The summed E-state index contributed by atoms with van der Waals surface area (Å²) in [6, 6.07) is 0. The van der Waals surface area contributed by atoms with Gasteiger partial charge in [0.05, 0.1) is 12.2 Å². The number of aliphatic hydroxyl groups is 1. The zero-order valence-electron chi connectivity index (χ0n) is 10.4. The van der Waals surface area contributed by atoms with Crippen molar-refractivity contribution >= 4 is 0 Å². The molecule has 4 heteroatoms. The minimum absolute atomic E-state index is 0.209. The highest BCUT2D eigenvalue weighted by Gasteiger charge is 2.23. The van der Waals surface area contributed by atoms with Crippen LogP contribution in [0, 0.1) is 0 Å². The van der Waals surface area contributed by atoms with Crippen molar-refractivity contribution in [3.63, 3.8) is 0 Å². The third-order valence-electron chi connectivity index (χ3n) is 3.05.